The minimum Gasteiger partial charge on any atom is -0.495 e. The van der Waals surface area contributed by atoms with Gasteiger partial charge in [0.15, 0.2) is 5.17 Å². The molecule has 5 nitrogen and oxygen atoms in total. The van der Waals surface area contributed by atoms with Crippen LogP contribution >= 0.6 is 35.0 Å². The Bertz CT molecular complexity index is 1130. The lowest BCUT2D eigenvalue weighted by Crippen LogP contribution is -2.30. The van der Waals surface area contributed by atoms with E-state index >= 15 is 0 Å². The van der Waals surface area contributed by atoms with Crippen molar-refractivity contribution in [1.82, 2.24) is 0 Å². The van der Waals surface area contributed by atoms with E-state index in [9.17, 15) is 4.79 Å². The van der Waals surface area contributed by atoms with Gasteiger partial charge in [-0.05, 0) is 48.0 Å². The Kier molecular flexibility index (Phi) is 6.18. The van der Waals surface area contributed by atoms with Crippen molar-refractivity contribution >= 4 is 57.8 Å². The molecule has 0 atom stereocenters. The number of benzene rings is 2. The molecule has 3 aromatic rings. The lowest BCUT2D eigenvalue weighted by atomic mass is 10.2. The first-order valence-corrected chi connectivity index (χ1v) is 10.7. The fraction of sp³-hybridized carbons (Fsp3) is 0.0909. The average molecular weight is 459 g/mol. The van der Waals surface area contributed by atoms with E-state index in [1.807, 2.05) is 24.3 Å². The summed E-state index contributed by atoms with van der Waals surface area (Å²) in [4.78, 5) is 19.3. The number of furan rings is 1. The van der Waals surface area contributed by atoms with E-state index in [4.69, 9.17) is 32.4 Å². The van der Waals surface area contributed by atoms with Crippen molar-refractivity contribution in [3.05, 3.63) is 87.9 Å². The third kappa shape index (κ3) is 4.41. The first-order valence-electron chi connectivity index (χ1n) is 8.94. The molecule has 152 valence electrons. The molecule has 1 aliphatic rings. The van der Waals surface area contributed by atoms with Crippen molar-refractivity contribution in [3.8, 4) is 5.75 Å². The van der Waals surface area contributed by atoms with Crippen molar-refractivity contribution < 1.29 is 13.9 Å². The van der Waals surface area contributed by atoms with Gasteiger partial charge in [0.25, 0.3) is 5.91 Å². The van der Waals surface area contributed by atoms with Gasteiger partial charge in [-0.3, -0.25) is 9.69 Å². The van der Waals surface area contributed by atoms with Crippen LogP contribution < -0.4 is 9.64 Å². The van der Waals surface area contributed by atoms with E-state index in [2.05, 4.69) is 4.99 Å². The van der Waals surface area contributed by atoms with Crippen LogP contribution in [0.5, 0.6) is 5.75 Å². The van der Waals surface area contributed by atoms with Gasteiger partial charge in [0.1, 0.15) is 17.2 Å². The Hall–Kier alpha value is -2.67. The summed E-state index contributed by atoms with van der Waals surface area (Å²) < 4.78 is 10.6. The number of aliphatic imine (C=N–C) groups is 1. The number of methoxy groups -OCH3 is 1. The Morgan fingerprint density at radius 1 is 1.17 bits per heavy atom. The second-order valence-electron chi connectivity index (χ2n) is 6.31. The minimum absolute atomic E-state index is 0.258. The summed E-state index contributed by atoms with van der Waals surface area (Å²) >= 11 is 13.7. The summed E-state index contributed by atoms with van der Waals surface area (Å²) in [5.41, 5.74) is 1.96. The monoisotopic (exact) mass is 458 g/mol. The highest BCUT2D eigenvalue weighted by Gasteiger charge is 2.32. The van der Waals surface area contributed by atoms with Crippen molar-refractivity contribution in [2.24, 2.45) is 4.99 Å². The number of carbonyl (C=O) groups excluding carboxylic acids is 1. The zero-order chi connectivity index (χ0) is 21.1. The molecule has 0 saturated carbocycles. The molecule has 1 aliphatic heterocycles. The quantitative estimate of drug-likeness (QED) is 0.422. The van der Waals surface area contributed by atoms with Crippen LogP contribution in [0.1, 0.15) is 11.3 Å². The van der Waals surface area contributed by atoms with E-state index in [1.54, 1.807) is 54.7 Å². The molecule has 2 heterocycles. The highest BCUT2D eigenvalue weighted by atomic mass is 35.5. The number of nitrogens with zero attached hydrogens (tertiary/aromatic N) is 2. The number of ether oxygens (including phenoxy) is 1. The standard InChI is InChI=1S/C22H16Cl2N2O3S/c1-28-20-9-8-16(11-18(20)24)26-21(27)19(12-17-3-2-10-29-17)25-22(26)30-13-14-4-6-15(23)7-5-14/h2-12H,13H2,1H3/b19-12-. The summed E-state index contributed by atoms with van der Waals surface area (Å²) in [6, 6.07) is 16.3. The molecular formula is C22H16Cl2N2O3S. The van der Waals surface area contributed by atoms with Gasteiger partial charge in [-0.15, -0.1) is 0 Å². The molecule has 0 radical (unpaired) electrons. The number of anilines is 1. The number of thioether (sulfide) groups is 1. The Balaban J connectivity index is 1.66. The first kappa shape index (κ1) is 20.6. The van der Waals surface area contributed by atoms with Crippen molar-refractivity contribution in [1.29, 1.82) is 0 Å². The maximum atomic E-state index is 13.2. The van der Waals surface area contributed by atoms with Gasteiger partial charge in [-0.25, -0.2) is 4.99 Å². The van der Waals surface area contributed by atoms with Gasteiger partial charge < -0.3 is 9.15 Å². The number of carbonyl (C=O) groups is 1. The van der Waals surface area contributed by atoms with Crippen LogP contribution in [0, 0.1) is 0 Å². The first-order chi connectivity index (χ1) is 14.5. The molecule has 0 unspecified atom stereocenters. The molecular weight excluding hydrogens is 443 g/mol. The van der Waals surface area contributed by atoms with Crippen molar-refractivity contribution in [2.45, 2.75) is 5.75 Å². The predicted octanol–water partition coefficient (Wildman–Crippen LogP) is 6.27. The van der Waals surface area contributed by atoms with Gasteiger partial charge in [0.2, 0.25) is 0 Å². The van der Waals surface area contributed by atoms with Crippen LogP contribution in [0.4, 0.5) is 5.69 Å². The van der Waals surface area contributed by atoms with Crippen LogP contribution in [0.15, 0.2) is 76.0 Å². The number of rotatable bonds is 5. The van der Waals surface area contributed by atoms with E-state index in [1.165, 1.54) is 11.8 Å². The second-order valence-corrected chi connectivity index (χ2v) is 8.10. The highest BCUT2D eigenvalue weighted by Crippen LogP contribution is 2.35. The molecule has 2 aromatic carbocycles. The van der Waals surface area contributed by atoms with Crippen LogP contribution in [-0.2, 0) is 10.5 Å². The van der Waals surface area contributed by atoms with E-state index in [-0.39, 0.29) is 11.6 Å². The SMILES string of the molecule is COc1ccc(N2C(=O)/C(=C/c3ccco3)N=C2SCc2ccc(Cl)cc2)cc1Cl. The van der Waals surface area contributed by atoms with Crippen molar-refractivity contribution in [3.63, 3.8) is 0 Å². The Morgan fingerprint density at radius 3 is 2.63 bits per heavy atom. The highest BCUT2D eigenvalue weighted by molar-refractivity contribution is 8.13. The summed E-state index contributed by atoms with van der Waals surface area (Å²) in [6.07, 6.45) is 3.17. The third-order valence-corrected chi connectivity index (χ3v) is 5.88. The molecule has 0 saturated heterocycles. The topological polar surface area (TPSA) is 55.0 Å². The average Bonchev–Trinajstić information content (AvgIpc) is 3.36. The van der Waals surface area contributed by atoms with E-state index < -0.39 is 0 Å². The summed E-state index contributed by atoms with van der Waals surface area (Å²) in [6.45, 7) is 0. The van der Waals surface area contributed by atoms with E-state index in [0.717, 1.165) is 5.56 Å². The molecule has 0 bridgehead atoms. The molecule has 4 rings (SSSR count). The number of hydrogen-bond acceptors (Lipinski definition) is 5. The smallest absolute Gasteiger partial charge is 0.283 e. The number of hydrogen-bond donors (Lipinski definition) is 0. The lowest BCUT2D eigenvalue weighted by Gasteiger charge is -2.18. The van der Waals surface area contributed by atoms with Gasteiger partial charge >= 0.3 is 0 Å². The number of amides is 1. The maximum absolute atomic E-state index is 13.2. The largest absolute Gasteiger partial charge is 0.495 e. The van der Waals surface area contributed by atoms with E-state index in [0.29, 0.717) is 38.2 Å². The Labute approximate surface area is 187 Å². The molecule has 0 aliphatic carbocycles. The summed E-state index contributed by atoms with van der Waals surface area (Å²) in [5.74, 6) is 1.45. The molecule has 8 heteroatoms. The lowest BCUT2D eigenvalue weighted by molar-refractivity contribution is -0.113. The Morgan fingerprint density at radius 2 is 1.97 bits per heavy atom. The maximum Gasteiger partial charge on any atom is 0.283 e. The molecule has 30 heavy (non-hydrogen) atoms. The third-order valence-electron chi connectivity index (χ3n) is 4.33. The normalized spacial score (nSPS) is 15.0. The van der Waals surface area contributed by atoms with Gasteiger partial charge in [0.05, 0.1) is 24.1 Å². The zero-order valence-electron chi connectivity index (χ0n) is 15.8. The van der Waals surface area contributed by atoms with Gasteiger partial charge in [-0.1, -0.05) is 47.1 Å². The molecule has 0 spiro atoms. The number of amidine groups is 1. The fourth-order valence-corrected chi connectivity index (χ4v) is 4.20. The van der Waals surface area contributed by atoms with Crippen LogP contribution in [0.3, 0.4) is 0 Å². The second kappa shape index (κ2) is 9.00. The van der Waals surface area contributed by atoms with Gasteiger partial charge in [-0.2, -0.15) is 0 Å². The molecule has 1 aromatic heterocycles. The van der Waals surface area contributed by atoms with Crippen LogP contribution in [0.2, 0.25) is 10.0 Å². The fourth-order valence-electron chi connectivity index (χ4n) is 2.85. The van der Waals surface area contributed by atoms with Crippen LogP contribution in [0.25, 0.3) is 6.08 Å². The number of halogens is 2. The molecule has 0 fully saturated rings. The summed E-state index contributed by atoms with van der Waals surface area (Å²) in [5, 5.41) is 1.64. The minimum atomic E-state index is -0.258. The van der Waals surface area contributed by atoms with Crippen LogP contribution in [-0.4, -0.2) is 18.2 Å². The predicted molar refractivity (Wildman–Crippen MR) is 122 cm³/mol. The van der Waals surface area contributed by atoms with Gasteiger partial charge in [0, 0.05) is 16.9 Å². The summed E-state index contributed by atoms with van der Waals surface area (Å²) in [7, 11) is 1.54. The molecule has 0 N–H and O–H groups in total. The molecule has 1 amide bonds. The van der Waals surface area contributed by atoms with Crippen molar-refractivity contribution in [2.75, 3.05) is 12.0 Å². The zero-order valence-corrected chi connectivity index (χ0v) is 18.2.